The maximum absolute atomic E-state index is 12.5. The maximum Gasteiger partial charge on any atom is 0.301 e. The summed E-state index contributed by atoms with van der Waals surface area (Å²) in [5.74, 6) is 0.255. The number of hydrogen-bond donors (Lipinski definition) is 2. The molecule has 0 amide bonds. The predicted octanol–water partition coefficient (Wildman–Crippen LogP) is 2.34. The first-order valence-electron chi connectivity index (χ1n) is 7.22. The zero-order valence-corrected chi connectivity index (χ0v) is 14.6. The van der Waals surface area contributed by atoms with Gasteiger partial charge in [-0.05, 0) is 55.5 Å². The molecule has 1 unspecified atom stereocenters. The number of rotatable bonds is 5. The molecule has 1 atom stereocenters. The highest BCUT2D eigenvalue weighted by Crippen LogP contribution is 2.25. The summed E-state index contributed by atoms with van der Waals surface area (Å²) in [5, 5.41) is 0. The summed E-state index contributed by atoms with van der Waals surface area (Å²) in [5.41, 5.74) is 7.30. The van der Waals surface area contributed by atoms with Gasteiger partial charge < -0.3 is 5.73 Å². The molecule has 0 saturated carbocycles. The second-order valence-corrected chi connectivity index (χ2v) is 7.95. The number of nitrogens with one attached hydrogen (secondary N) is 1. The lowest BCUT2D eigenvalue weighted by atomic mass is 10.0. The van der Waals surface area contributed by atoms with Crippen LogP contribution in [-0.4, -0.2) is 32.4 Å². The van der Waals surface area contributed by atoms with Crippen molar-refractivity contribution in [2.75, 3.05) is 24.4 Å². The van der Waals surface area contributed by atoms with Crippen LogP contribution in [0.25, 0.3) is 0 Å². The Morgan fingerprint density at radius 1 is 1.48 bits per heavy atom. The average molecular weight is 376 g/mol. The molecule has 1 aliphatic heterocycles. The fourth-order valence-electron chi connectivity index (χ4n) is 2.60. The molecule has 21 heavy (non-hydrogen) atoms. The van der Waals surface area contributed by atoms with Crippen LogP contribution in [0.3, 0.4) is 0 Å². The Morgan fingerprint density at radius 2 is 2.24 bits per heavy atom. The van der Waals surface area contributed by atoms with Gasteiger partial charge in [-0.15, -0.1) is 0 Å². The van der Waals surface area contributed by atoms with Crippen LogP contribution in [0.15, 0.2) is 22.7 Å². The number of nitrogens with zero attached hydrogens (tertiary/aromatic N) is 1. The zero-order valence-electron chi connectivity index (χ0n) is 12.2. The van der Waals surface area contributed by atoms with E-state index in [2.05, 4.69) is 20.7 Å². The lowest BCUT2D eigenvalue weighted by Gasteiger charge is -2.31. The predicted molar refractivity (Wildman–Crippen MR) is 89.4 cm³/mol. The molecule has 1 heterocycles. The fraction of sp³-hybridized carbons (Fsp3) is 0.571. The number of nitrogens with two attached hydrogens (primary N) is 1. The molecule has 3 N–H and O–H groups in total. The average Bonchev–Trinajstić information content (AvgIpc) is 2.49. The molecule has 5 nitrogen and oxygen atoms in total. The van der Waals surface area contributed by atoms with E-state index in [0.29, 0.717) is 25.3 Å². The number of halogens is 1. The highest BCUT2D eigenvalue weighted by Gasteiger charge is 2.28. The molecule has 1 aromatic rings. The van der Waals surface area contributed by atoms with E-state index in [1.165, 1.54) is 4.31 Å². The first-order valence-corrected chi connectivity index (χ1v) is 9.46. The van der Waals surface area contributed by atoms with E-state index < -0.39 is 10.2 Å². The number of anilines is 1. The normalized spacial score (nSPS) is 20.4. The third-order valence-corrected chi connectivity index (χ3v) is 5.82. The third kappa shape index (κ3) is 4.18. The summed E-state index contributed by atoms with van der Waals surface area (Å²) in [7, 11) is -3.51. The highest BCUT2D eigenvalue weighted by atomic mass is 79.9. The molecule has 0 spiro atoms. The van der Waals surface area contributed by atoms with E-state index in [0.717, 1.165) is 29.3 Å². The smallest absolute Gasteiger partial charge is 0.301 e. The summed E-state index contributed by atoms with van der Waals surface area (Å²) >= 11 is 3.41. The SMILES string of the molecule is CCc1cc(Br)ccc1NS(=O)(=O)N1CCCC(CN)C1. The van der Waals surface area contributed by atoms with Gasteiger partial charge in [-0.25, -0.2) is 0 Å². The van der Waals surface area contributed by atoms with E-state index in [4.69, 9.17) is 5.73 Å². The molecule has 118 valence electrons. The van der Waals surface area contributed by atoms with Gasteiger partial charge in [0.1, 0.15) is 0 Å². The van der Waals surface area contributed by atoms with Crippen molar-refractivity contribution in [3.05, 3.63) is 28.2 Å². The van der Waals surface area contributed by atoms with Crippen molar-refractivity contribution in [1.29, 1.82) is 0 Å². The number of aryl methyl sites for hydroxylation is 1. The lowest BCUT2D eigenvalue weighted by molar-refractivity contribution is 0.273. The summed E-state index contributed by atoms with van der Waals surface area (Å²) in [6, 6.07) is 5.58. The zero-order chi connectivity index (χ0) is 15.5. The maximum atomic E-state index is 12.5. The van der Waals surface area contributed by atoms with Crippen LogP contribution in [-0.2, 0) is 16.6 Å². The van der Waals surface area contributed by atoms with Crippen LogP contribution in [0.5, 0.6) is 0 Å². The second-order valence-electron chi connectivity index (χ2n) is 5.36. The van der Waals surface area contributed by atoms with Crippen molar-refractivity contribution in [2.24, 2.45) is 11.7 Å². The Kier molecular flexibility index (Phi) is 5.65. The summed E-state index contributed by atoms with van der Waals surface area (Å²) in [6.45, 7) is 3.60. The first kappa shape index (κ1) is 16.7. The minimum absolute atomic E-state index is 0.255. The molecular weight excluding hydrogens is 354 g/mol. The second kappa shape index (κ2) is 7.09. The third-order valence-electron chi connectivity index (χ3n) is 3.84. The van der Waals surface area contributed by atoms with Crippen molar-refractivity contribution >= 4 is 31.8 Å². The summed E-state index contributed by atoms with van der Waals surface area (Å²) in [4.78, 5) is 0. The molecule has 0 radical (unpaired) electrons. The summed E-state index contributed by atoms with van der Waals surface area (Å²) < 4.78 is 30.2. The number of benzene rings is 1. The van der Waals surface area contributed by atoms with E-state index in [1.807, 2.05) is 19.1 Å². The topological polar surface area (TPSA) is 75.4 Å². The van der Waals surface area contributed by atoms with Crippen LogP contribution in [0.4, 0.5) is 5.69 Å². The van der Waals surface area contributed by atoms with Crippen LogP contribution < -0.4 is 10.5 Å². The van der Waals surface area contributed by atoms with Gasteiger partial charge in [-0.3, -0.25) is 4.72 Å². The van der Waals surface area contributed by atoms with Gasteiger partial charge in [-0.1, -0.05) is 22.9 Å². The van der Waals surface area contributed by atoms with Crippen molar-refractivity contribution < 1.29 is 8.42 Å². The van der Waals surface area contributed by atoms with Gasteiger partial charge in [0.05, 0.1) is 5.69 Å². The van der Waals surface area contributed by atoms with Gasteiger partial charge in [0.2, 0.25) is 0 Å². The largest absolute Gasteiger partial charge is 0.330 e. The number of piperidine rings is 1. The minimum atomic E-state index is -3.51. The van der Waals surface area contributed by atoms with E-state index in [-0.39, 0.29) is 5.92 Å². The van der Waals surface area contributed by atoms with Crippen LogP contribution in [0, 0.1) is 5.92 Å². The molecule has 1 fully saturated rings. The first-order chi connectivity index (χ1) is 9.96. The van der Waals surface area contributed by atoms with Crippen molar-refractivity contribution in [2.45, 2.75) is 26.2 Å². The van der Waals surface area contributed by atoms with Crippen molar-refractivity contribution in [1.82, 2.24) is 4.31 Å². The van der Waals surface area contributed by atoms with Crippen molar-refractivity contribution in [3.8, 4) is 0 Å². The molecule has 0 aromatic heterocycles. The minimum Gasteiger partial charge on any atom is -0.330 e. The van der Waals surface area contributed by atoms with Gasteiger partial charge in [0.15, 0.2) is 0 Å². The monoisotopic (exact) mass is 375 g/mol. The lowest BCUT2D eigenvalue weighted by Crippen LogP contribution is -2.44. The van der Waals surface area contributed by atoms with Crippen LogP contribution in [0.2, 0.25) is 0 Å². The van der Waals surface area contributed by atoms with Gasteiger partial charge >= 0.3 is 10.2 Å². The van der Waals surface area contributed by atoms with Gasteiger partial charge in [0.25, 0.3) is 0 Å². The quantitative estimate of drug-likeness (QED) is 0.828. The Balaban J connectivity index is 2.17. The van der Waals surface area contributed by atoms with Gasteiger partial charge in [-0.2, -0.15) is 12.7 Å². The molecule has 0 bridgehead atoms. The molecule has 1 aliphatic rings. The van der Waals surface area contributed by atoms with Gasteiger partial charge in [0, 0.05) is 17.6 Å². The Morgan fingerprint density at radius 3 is 2.90 bits per heavy atom. The molecular formula is C14H22BrN3O2S. The Hall–Kier alpha value is -0.630. The standard InChI is InChI=1S/C14H22BrN3O2S/c1-2-12-8-13(15)5-6-14(12)17-21(19,20)18-7-3-4-11(9-16)10-18/h5-6,8,11,17H,2-4,7,9-10,16H2,1H3. The van der Waals surface area contributed by atoms with E-state index in [9.17, 15) is 8.42 Å². The van der Waals surface area contributed by atoms with Crippen LogP contribution >= 0.6 is 15.9 Å². The van der Waals surface area contributed by atoms with E-state index in [1.54, 1.807) is 6.07 Å². The number of hydrogen-bond acceptors (Lipinski definition) is 3. The summed E-state index contributed by atoms with van der Waals surface area (Å²) in [6.07, 6.45) is 2.63. The Labute approximate surface area is 135 Å². The highest BCUT2D eigenvalue weighted by molar-refractivity contribution is 9.10. The van der Waals surface area contributed by atoms with E-state index >= 15 is 0 Å². The molecule has 1 aromatic carbocycles. The molecule has 7 heteroatoms. The molecule has 2 rings (SSSR count). The fourth-order valence-corrected chi connectivity index (χ4v) is 4.39. The molecule has 0 aliphatic carbocycles. The Bertz CT molecular complexity index is 592. The molecule has 1 saturated heterocycles. The van der Waals surface area contributed by atoms with Crippen LogP contribution in [0.1, 0.15) is 25.3 Å². The van der Waals surface area contributed by atoms with Crippen molar-refractivity contribution in [3.63, 3.8) is 0 Å².